The van der Waals surface area contributed by atoms with E-state index in [9.17, 15) is 9.59 Å². The van der Waals surface area contributed by atoms with Crippen LogP contribution in [0, 0.1) is 0 Å². The molecule has 5 rings (SSSR count). The molecule has 7 nitrogen and oxygen atoms in total. The van der Waals surface area contributed by atoms with E-state index in [0.29, 0.717) is 19.4 Å². The van der Waals surface area contributed by atoms with Crippen molar-refractivity contribution >= 4 is 44.7 Å². The fraction of sp³-hybridized carbons (Fsp3) is 0.686. The minimum Gasteiger partial charge on any atom is -0.494 e. The number of ether oxygens (including phenoxy) is 2. The van der Waals surface area contributed by atoms with Crippen molar-refractivity contribution in [1.29, 1.82) is 0 Å². The lowest BCUT2D eigenvalue weighted by Gasteiger charge is -2.38. The van der Waals surface area contributed by atoms with Crippen molar-refractivity contribution in [3.8, 4) is 5.75 Å². The molecular weight excluding hydrogens is 751 g/mol. The first kappa shape index (κ1) is 47.0. The Morgan fingerprint density at radius 3 is 1.93 bits per heavy atom. The summed E-state index contributed by atoms with van der Waals surface area (Å²) in [5.74, 6) is 0.518. The fourth-order valence-corrected chi connectivity index (χ4v) is 9.88. The summed E-state index contributed by atoms with van der Waals surface area (Å²) >= 11 is 1.81. The van der Waals surface area contributed by atoms with E-state index in [2.05, 4.69) is 66.3 Å². The van der Waals surface area contributed by atoms with Crippen LogP contribution in [0.25, 0.3) is 10.1 Å². The maximum atomic E-state index is 13.3. The van der Waals surface area contributed by atoms with Crippen LogP contribution in [0.5, 0.6) is 5.75 Å². The number of hydrogen-bond donors (Lipinski definition) is 0. The number of carbonyl (C=O) groups excluding carboxylic acids is 2. The van der Waals surface area contributed by atoms with Crippen LogP contribution in [0.4, 0.5) is 11.4 Å². The molecule has 0 saturated carbocycles. The van der Waals surface area contributed by atoms with Crippen molar-refractivity contribution in [1.82, 2.24) is 4.90 Å². The van der Waals surface area contributed by atoms with Crippen LogP contribution < -0.4 is 14.5 Å². The summed E-state index contributed by atoms with van der Waals surface area (Å²) in [5, 5.41) is 3.56. The van der Waals surface area contributed by atoms with Gasteiger partial charge in [0.1, 0.15) is 5.75 Å². The number of piperazine rings is 1. The predicted molar refractivity (Wildman–Crippen MR) is 250 cm³/mol. The molecule has 2 aliphatic heterocycles. The van der Waals surface area contributed by atoms with E-state index >= 15 is 0 Å². The normalized spacial score (nSPS) is 15.5. The van der Waals surface area contributed by atoms with Gasteiger partial charge in [-0.05, 0) is 61.0 Å². The van der Waals surface area contributed by atoms with Gasteiger partial charge in [0.05, 0.1) is 12.3 Å². The van der Waals surface area contributed by atoms with Gasteiger partial charge in [-0.15, -0.1) is 11.3 Å². The molecule has 8 heteroatoms. The first-order valence-electron chi connectivity index (χ1n) is 24.0. The average molecular weight is 830 g/mol. The summed E-state index contributed by atoms with van der Waals surface area (Å²) in [6.07, 6.45) is 29.6. The first-order valence-corrected chi connectivity index (χ1v) is 24.9. The fourth-order valence-electron chi connectivity index (χ4n) is 9.07. The maximum Gasteiger partial charge on any atom is 0.307 e. The molecule has 0 unspecified atom stereocenters. The number of thiophene rings is 1. The summed E-state index contributed by atoms with van der Waals surface area (Å²) in [4.78, 5) is 32.8. The molecule has 0 aliphatic carbocycles. The smallest absolute Gasteiger partial charge is 0.307 e. The summed E-state index contributed by atoms with van der Waals surface area (Å²) in [6.45, 7) is 12.4. The van der Waals surface area contributed by atoms with Crippen molar-refractivity contribution < 1.29 is 19.1 Å². The van der Waals surface area contributed by atoms with Gasteiger partial charge in [0.15, 0.2) is 6.73 Å². The quantitative estimate of drug-likeness (QED) is 0.0493. The molecule has 328 valence electrons. The summed E-state index contributed by atoms with van der Waals surface area (Å²) in [5.41, 5.74) is 2.96. The molecule has 59 heavy (non-hydrogen) atoms. The highest BCUT2D eigenvalue weighted by Gasteiger charge is 2.37. The van der Waals surface area contributed by atoms with E-state index in [1.54, 1.807) is 4.90 Å². The Hall–Kier alpha value is -3.10. The number of amides is 1. The third-order valence-corrected chi connectivity index (χ3v) is 13.7. The third kappa shape index (κ3) is 16.0. The average Bonchev–Trinajstić information content (AvgIpc) is 3.72. The number of benzene rings is 2. The summed E-state index contributed by atoms with van der Waals surface area (Å²) in [7, 11) is 0. The number of fused-ring (bicyclic) bond motifs is 2. The molecule has 3 aromatic rings. The molecule has 1 amide bonds. The van der Waals surface area contributed by atoms with Crippen molar-refractivity contribution in [3.63, 3.8) is 0 Å². The summed E-state index contributed by atoms with van der Waals surface area (Å²) < 4.78 is 13.3. The van der Waals surface area contributed by atoms with Crippen molar-refractivity contribution in [3.05, 3.63) is 53.4 Å². The third-order valence-electron chi connectivity index (χ3n) is 12.8. The zero-order chi connectivity index (χ0) is 41.5. The van der Waals surface area contributed by atoms with Gasteiger partial charge in [0.2, 0.25) is 5.91 Å². The van der Waals surface area contributed by atoms with Crippen LogP contribution in [-0.2, 0) is 19.7 Å². The molecule has 0 atom stereocenters. The van der Waals surface area contributed by atoms with Crippen LogP contribution >= 0.6 is 11.3 Å². The number of unbranched alkanes of at least 4 members (excludes halogenated alkanes) is 20. The molecule has 3 heterocycles. The Labute approximate surface area is 362 Å². The monoisotopic (exact) mass is 830 g/mol. The predicted octanol–water partition coefficient (Wildman–Crippen LogP) is 13.6. The molecule has 1 aromatic heterocycles. The van der Waals surface area contributed by atoms with Crippen LogP contribution in [0.1, 0.15) is 180 Å². The van der Waals surface area contributed by atoms with Gasteiger partial charge in [-0.25, -0.2) is 0 Å². The molecule has 0 N–H and O–H groups in total. The maximum absolute atomic E-state index is 13.3. The largest absolute Gasteiger partial charge is 0.494 e. The standard InChI is InChI=1S/C51H79N3O4S/c1-4-5-6-7-8-9-10-11-12-13-14-15-16-17-18-19-20-21-22-23-29-50(56)58-42-54-47-40-43(30-31-45(47)51(2,3)41-49(54)55)57-38-25-24-33-52-34-36-53(37-35-52)46-27-26-28-48-44(46)32-39-59-48/h26-28,30-32,39-40H,4-25,29,33-38,41-42H2,1-3H3. The molecule has 1 saturated heterocycles. The van der Waals surface area contributed by atoms with Gasteiger partial charge in [-0.3, -0.25) is 19.4 Å². The molecule has 0 bridgehead atoms. The van der Waals surface area contributed by atoms with Crippen LogP contribution in [0.2, 0.25) is 0 Å². The zero-order valence-electron chi connectivity index (χ0n) is 37.4. The van der Waals surface area contributed by atoms with Crippen molar-refractivity contribution in [2.45, 2.75) is 180 Å². The Kier molecular flexibility index (Phi) is 20.9. The lowest BCUT2D eigenvalue weighted by Crippen LogP contribution is -2.46. The van der Waals surface area contributed by atoms with Crippen LogP contribution in [0.3, 0.4) is 0 Å². The molecule has 0 spiro atoms. The number of rotatable bonds is 30. The topological polar surface area (TPSA) is 62.3 Å². The minimum absolute atomic E-state index is 0.0154. The molecule has 2 aromatic carbocycles. The lowest BCUT2D eigenvalue weighted by atomic mass is 9.77. The second-order valence-electron chi connectivity index (χ2n) is 18.2. The van der Waals surface area contributed by atoms with Crippen LogP contribution in [0.15, 0.2) is 47.8 Å². The second kappa shape index (κ2) is 26.3. The van der Waals surface area contributed by atoms with E-state index in [-0.39, 0.29) is 24.0 Å². The van der Waals surface area contributed by atoms with Gasteiger partial charge in [-0.1, -0.05) is 155 Å². The zero-order valence-corrected chi connectivity index (χ0v) is 38.2. The highest BCUT2D eigenvalue weighted by molar-refractivity contribution is 7.17. The Balaban J connectivity index is 0.890. The Bertz CT molecular complexity index is 1650. The minimum atomic E-state index is -0.294. The van der Waals surface area contributed by atoms with Crippen LogP contribution in [-0.4, -0.2) is 62.8 Å². The van der Waals surface area contributed by atoms with Gasteiger partial charge < -0.3 is 14.4 Å². The first-order chi connectivity index (χ1) is 28.9. The molecule has 0 radical (unpaired) electrons. The van der Waals surface area contributed by atoms with E-state index in [1.165, 1.54) is 131 Å². The Morgan fingerprint density at radius 1 is 0.695 bits per heavy atom. The van der Waals surface area contributed by atoms with Gasteiger partial charge in [0.25, 0.3) is 0 Å². The highest BCUT2D eigenvalue weighted by Crippen LogP contribution is 2.42. The van der Waals surface area contributed by atoms with E-state index in [1.807, 2.05) is 23.5 Å². The SMILES string of the molecule is CCCCCCCCCCCCCCCCCCCCCCC(=O)OCN1C(=O)CC(C)(C)c2ccc(OCCCCN3CCN(c4cccc5sccc45)CC3)cc21. The number of esters is 1. The molecular formula is C51H79N3O4S. The van der Waals surface area contributed by atoms with E-state index in [0.717, 1.165) is 75.4 Å². The van der Waals surface area contributed by atoms with Gasteiger partial charge in [-0.2, -0.15) is 0 Å². The molecule has 1 fully saturated rings. The lowest BCUT2D eigenvalue weighted by molar-refractivity contribution is -0.144. The van der Waals surface area contributed by atoms with E-state index < -0.39 is 0 Å². The van der Waals surface area contributed by atoms with E-state index in [4.69, 9.17) is 9.47 Å². The number of hydrogen-bond acceptors (Lipinski definition) is 7. The summed E-state index contributed by atoms with van der Waals surface area (Å²) in [6, 6.07) is 15.0. The number of anilines is 2. The number of carbonyl (C=O) groups is 2. The second-order valence-corrected chi connectivity index (χ2v) is 19.1. The van der Waals surface area contributed by atoms with Crippen molar-refractivity contribution in [2.24, 2.45) is 0 Å². The van der Waals surface area contributed by atoms with Gasteiger partial charge >= 0.3 is 5.97 Å². The Morgan fingerprint density at radius 2 is 1.31 bits per heavy atom. The highest BCUT2D eigenvalue weighted by atomic mass is 32.1. The van der Waals surface area contributed by atoms with Gasteiger partial charge in [0, 0.05) is 66.3 Å². The van der Waals surface area contributed by atoms with Crippen molar-refractivity contribution in [2.75, 3.05) is 55.9 Å². The molecule has 2 aliphatic rings. The number of nitrogens with zero attached hydrogens (tertiary/aromatic N) is 3.